The Morgan fingerprint density at radius 2 is 1.80 bits per heavy atom. The molecule has 0 amide bonds. The fourth-order valence-electron chi connectivity index (χ4n) is 8.64. The van der Waals surface area contributed by atoms with E-state index in [0.717, 1.165) is 18.9 Å². The molecule has 5 aliphatic rings. The van der Waals surface area contributed by atoms with Gasteiger partial charge in [-0.3, -0.25) is 9.59 Å². The monoisotopic (exact) mass is 492 g/mol. The maximum Gasteiger partial charge on any atom is 0.349 e. The van der Waals surface area contributed by atoms with E-state index < -0.39 is 69.9 Å². The zero-order chi connectivity index (χ0) is 25.6. The van der Waals surface area contributed by atoms with Gasteiger partial charge in [0.15, 0.2) is 11.5 Å². The zero-order valence-electron chi connectivity index (χ0n) is 20.4. The van der Waals surface area contributed by atoms with Crippen LogP contribution in [0.2, 0.25) is 0 Å². The van der Waals surface area contributed by atoms with E-state index in [0.29, 0.717) is 12.8 Å². The van der Waals surface area contributed by atoms with Gasteiger partial charge in [-0.1, -0.05) is 32.8 Å². The third-order valence-electron chi connectivity index (χ3n) is 10.4. The van der Waals surface area contributed by atoms with Crippen LogP contribution in [-0.4, -0.2) is 51.5 Å². The van der Waals surface area contributed by atoms with Crippen molar-refractivity contribution in [3.8, 4) is 0 Å². The number of carboxylic acid groups (broad SMARTS) is 1. The number of carboxylic acids is 1. The van der Waals surface area contributed by atoms with Crippen LogP contribution in [0.15, 0.2) is 23.8 Å². The predicted molar refractivity (Wildman–Crippen MR) is 122 cm³/mol. The van der Waals surface area contributed by atoms with Crippen LogP contribution < -0.4 is 0 Å². The molecule has 5 aliphatic carbocycles. The lowest BCUT2D eigenvalue weighted by molar-refractivity contribution is -0.238. The molecule has 5 rings (SSSR count). The van der Waals surface area contributed by atoms with Gasteiger partial charge in [-0.05, 0) is 62.7 Å². The largest absolute Gasteiger partial charge is 0.478 e. The Labute approximate surface area is 203 Å². The van der Waals surface area contributed by atoms with Gasteiger partial charge in [0.25, 0.3) is 0 Å². The van der Waals surface area contributed by atoms with E-state index in [1.807, 2.05) is 0 Å². The van der Waals surface area contributed by atoms with Gasteiger partial charge in [0.05, 0.1) is 12.0 Å². The van der Waals surface area contributed by atoms with E-state index >= 15 is 8.78 Å². The molecule has 0 aromatic rings. The molecule has 0 unspecified atom stereocenters. The van der Waals surface area contributed by atoms with Crippen LogP contribution in [0.3, 0.4) is 0 Å². The highest BCUT2D eigenvalue weighted by molar-refractivity contribution is 6.01. The van der Waals surface area contributed by atoms with E-state index in [4.69, 9.17) is 4.74 Å². The Morgan fingerprint density at radius 1 is 1.14 bits per heavy atom. The van der Waals surface area contributed by atoms with Crippen LogP contribution in [-0.2, 0) is 19.1 Å². The number of halogens is 2. The van der Waals surface area contributed by atoms with Gasteiger partial charge >= 0.3 is 11.9 Å². The molecule has 35 heavy (non-hydrogen) atoms. The lowest BCUT2D eigenvalue weighted by Crippen LogP contribution is -2.71. The molecule has 0 bridgehead atoms. The quantitative estimate of drug-likeness (QED) is 0.575. The number of hydrogen-bond donors (Lipinski definition) is 2. The molecular weight excluding hydrogens is 458 g/mol. The summed E-state index contributed by atoms with van der Waals surface area (Å²) in [5.41, 5.74) is -7.05. The number of aliphatic hydroxyl groups is 1. The average Bonchev–Trinajstić information content (AvgIpc) is 3.39. The van der Waals surface area contributed by atoms with Gasteiger partial charge in [-0.25, -0.2) is 13.6 Å². The second-order valence-electron chi connectivity index (χ2n) is 11.9. The first-order valence-electron chi connectivity index (χ1n) is 12.8. The number of alkyl halides is 2. The van der Waals surface area contributed by atoms with Crippen molar-refractivity contribution in [2.24, 2.45) is 34.5 Å². The Balaban J connectivity index is 1.60. The molecule has 0 aromatic carbocycles. The Kier molecular flexibility index (Phi) is 5.41. The molecule has 0 heterocycles. The highest BCUT2D eigenvalue weighted by atomic mass is 19.1. The van der Waals surface area contributed by atoms with Crippen LogP contribution in [0.5, 0.6) is 0 Å². The molecule has 0 aromatic heterocycles. The highest BCUT2D eigenvalue weighted by Crippen LogP contribution is 2.71. The summed E-state index contributed by atoms with van der Waals surface area (Å²) in [6.07, 6.45) is 3.21. The topological polar surface area (TPSA) is 101 Å². The average molecular weight is 493 g/mol. The first kappa shape index (κ1) is 24.6. The lowest BCUT2D eigenvalue weighted by Gasteiger charge is -2.63. The van der Waals surface area contributed by atoms with Gasteiger partial charge < -0.3 is 14.9 Å². The molecule has 0 aliphatic heterocycles. The van der Waals surface area contributed by atoms with Crippen molar-refractivity contribution in [1.82, 2.24) is 0 Å². The van der Waals surface area contributed by atoms with Crippen molar-refractivity contribution < 1.29 is 38.1 Å². The van der Waals surface area contributed by atoms with Crippen molar-refractivity contribution in [3.05, 3.63) is 23.8 Å². The molecule has 4 saturated carbocycles. The minimum atomic E-state index is -2.30. The zero-order valence-corrected chi connectivity index (χ0v) is 20.4. The SMILES string of the molecule is C[C@@H]1C[C@H]2[C@@H]3C[C@H](F)C4=CC(=O)C=C[C@]4(C)[C@@]3(F)[C@@H](O)C[C@]2(C)[C@@]1(OC(=O)C1CCCC1)C(=O)O. The summed E-state index contributed by atoms with van der Waals surface area (Å²) in [5, 5.41) is 21.9. The number of rotatable bonds is 3. The standard InChI is InChI=1S/C27H34F2O6/c1-14-10-17-18-12-20(28)19-11-16(30)8-9-24(19,2)26(18,29)21(31)13-25(17,3)27(14,23(33)34)35-22(32)15-6-4-5-7-15/h8-9,11,14-15,17-18,20-21,31H,4-7,10,12-13H2,1-3H3,(H,33,34)/t14-,17+,18+,20+,21+,24+,25+,26+,27+/m1/s1. The maximum absolute atomic E-state index is 17.3. The van der Waals surface area contributed by atoms with E-state index in [1.165, 1.54) is 19.1 Å². The summed E-state index contributed by atoms with van der Waals surface area (Å²) in [6, 6.07) is 0. The van der Waals surface area contributed by atoms with Crippen molar-refractivity contribution in [2.75, 3.05) is 0 Å². The maximum atomic E-state index is 17.3. The summed E-state index contributed by atoms with van der Waals surface area (Å²) in [6.45, 7) is 4.85. The molecule has 4 fully saturated rings. The van der Waals surface area contributed by atoms with Crippen LogP contribution in [0.25, 0.3) is 0 Å². The van der Waals surface area contributed by atoms with Crippen LogP contribution in [0.1, 0.15) is 65.7 Å². The Morgan fingerprint density at radius 3 is 2.43 bits per heavy atom. The normalized spacial score (nSPS) is 49.1. The number of carbonyl (C=O) groups excluding carboxylic acids is 2. The van der Waals surface area contributed by atoms with Crippen LogP contribution in [0, 0.1) is 34.5 Å². The van der Waals surface area contributed by atoms with Crippen molar-refractivity contribution in [2.45, 2.75) is 89.3 Å². The molecule has 0 radical (unpaired) electrons. The number of ether oxygens (including phenoxy) is 1. The van der Waals surface area contributed by atoms with Crippen molar-refractivity contribution >= 4 is 17.7 Å². The summed E-state index contributed by atoms with van der Waals surface area (Å²) in [7, 11) is 0. The molecule has 8 heteroatoms. The third-order valence-corrected chi connectivity index (χ3v) is 10.4. The van der Waals surface area contributed by atoms with Crippen LogP contribution >= 0.6 is 0 Å². The first-order valence-corrected chi connectivity index (χ1v) is 12.8. The summed E-state index contributed by atoms with van der Waals surface area (Å²) < 4.78 is 38.7. The Bertz CT molecular complexity index is 1030. The number of allylic oxidation sites excluding steroid dienone is 4. The van der Waals surface area contributed by atoms with E-state index in [1.54, 1.807) is 13.8 Å². The number of esters is 1. The summed E-state index contributed by atoms with van der Waals surface area (Å²) in [4.78, 5) is 38.0. The molecule has 192 valence electrons. The fraction of sp³-hybridized carbons (Fsp3) is 0.741. The number of aliphatic hydroxyl groups excluding tert-OH is 1. The molecule has 2 N–H and O–H groups in total. The minimum absolute atomic E-state index is 0.0228. The number of carbonyl (C=O) groups is 3. The minimum Gasteiger partial charge on any atom is -0.478 e. The summed E-state index contributed by atoms with van der Waals surface area (Å²) >= 11 is 0. The predicted octanol–water partition coefficient (Wildman–Crippen LogP) is 4.11. The van der Waals surface area contributed by atoms with E-state index in [2.05, 4.69) is 0 Å². The number of hydrogen-bond acceptors (Lipinski definition) is 5. The van der Waals surface area contributed by atoms with Gasteiger partial charge in [-0.15, -0.1) is 0 Å². The lowest BCUT2D eigenvalue weighted by atomic mass is 9.44. The smallest absolute Gasteiger partial charge is 0.349 e. The molecule has 0 spiro atoms. The van der Waals surface area contributed by atoms with Crippen molar-refractivity contribution in [3.63, 3.8) is 0 Å². The molecular formula is C27H34F2O6. The van der Waals surface area contributed by atoms with Gasteiger partial charge in [0.1, 0.15) is 6.17 Å². The molecule has 9 atom stereocenters. The first-order chi connectivity index (χ1) is 16.3. The third kappa shape index (κ3) is 2.92. The van der Waals surface area contributed by atoms with Gasteiger partial charge in [0.2, 0.25) is 5.60 Å². The summed E-state index contributed by atoms with van der Waals surface area (Å²) in [5.74, 6) is -4.94. The van der Waals surface area contributed by atoms with Gasteiger partial charge in [-0.2, -0.15) is 0 Å². The highest BCUT2D eigenvalue weighted by Gasteiger charge is 2.78. The number of ketones is 1. The fourth-order valence-corrected chi connectivity index (χ4v) is 8.64. The van der Waals surface area contributed by atoms with E-state index in [9.17, 15) is 24.6 Å². The molecule has 0 saturated heterocycles. The Hall–Kier alpha value is -2.09. The van der Waals surface area contributed by atoms with Crippen LogP contribution in [0.4, 0.5) is 8.78 Å². The second kappa shape index (κ2) is 7.70. The molecule has 6 nitrogen and oxygen atoms in total. The second-order valence-corrected chi connectivity index (χ2v) is 11.9. The van der Waals surface area contributed by atoms with E-state index in [-0.39, 0.29) is 30.8 Å². The van der Waals surface area contributed by atoms with Crippen molar-refractivity contribution in [1.29, 1.82) is 0 Å². The number of aliphatic carboxylic acids is 1. The van der Waals surface area contributed by atoms with Gasteiger partial charge in [0, 0.05) is 22.7 Å². The number of fused-ring (bicyclic) bond motifs is 5.